The Morgan fingerprint density at radius 1 is 1.11 bits per heavy atom. The van der Waals surface area contributed by atoms with E-state index in [1.807, 2.05) is 20.0 Å². The summed E-state index contributed by atoms with van der Waals surface area (Å²) in [5, 5.41) is 4.61. The van der Waals surface area contributed by atoms with E-state index in [4.69, 9.17) is 27.4 Å². The normalized spacial score (nSPS) is 11.4. The minimum absolute atomic E-state index is 0.00881. The zero-order valence-corrected chi connectivity index (χ0v) is 17.3. The Labute approximate surface area is 172 Å². The summed E-state index contributed by atoms with van der Waals surface area (Å²) in [6.45, 7) is 1.90. The molecular weight excluding hydrogens is 423 g/mol. The molecule has 0 saturated carbocycles. The number of rotatable bonds is 5. The van der Waals surface area contributed by atoms with Gasteiger partial charge >= 0.3 is 16.1 Å². The van der Waals surface area contributed by atoms with Crippen molar-refractivity contribution in [2.75, 3.05) is 0 Å². The summed E-state index contributed by atoms with van der Waals surface area (Å²) >= 11 is 11.7. The number of benzene rings is 2. The van der Waals surface area contributed by atoms with Gasteiger partial charge in [-0.15, -0.1) is 0 Å². The highest BCUT2D eigenvalue weighted by Crippen LogP contribution is 2.24. The molecule has 1 aromatic heterocycles. The summed E-state index contributed by atoms with van der Waals surface area (Å²) in [5.74, 6) is -1.07. The van der Waals surface area contributed by atoms with Crippen molar-refractivity contribution < 1.29 is 17.4 Å². The fourth-order valence-electron chi connectivity index (χ4n) is 2.66. The molecule has 0 atom stereocenters. The Morgan fingerprint density at radius 3 is 2.36 bits per heavy atom. The number of nitrogens with zero attached hydrogens (tertiary/aromatic N) is 2. The van der Waals surface area contributed by atoms with E-state index >= 15 is 0 Å². The lowest BCUT2D eigenvalue weighted by Crippen LogP contribution is -2.14. The zero-order valence-electron chi connectivity index (χ0n) is 15.0. The Hall–Kier alpha value is -2.35. The van der Waals surface area contributed by atoms with Gasteiger partial charge in [0.2, 0.25) is 0 Å². The first-order chi connectivity index (χ1) is 13.2. The van der Waals surface area contributed by atoms with Gasteiger partial charge in [-0.25, -0.2) is 4.79 Å². The van der Waals surface area contributed by atoms with Gasteiger partial charge in [-0.2, -0.15) is 13.5 Å². The van der Waals surface area contributed by atoms with Gasteiger partial charge in [-0.05, 0) is 48.9 Å². The van der Waals surface area contributed by atoms with E-state index in [2.05, 4.69) is 5.10 Å². The van der Waals surface area contributed by atoms with Gasteiger partial charge in [-0.1, -0.05) is 35.3 Å². The number of aromatic nitrogens is 2. The predicted octanol–water partition coefficient (Wildman–Crippen LogP) is 4.17. The first-order valence-electron chi connectivity index (χ1n) is 8.18. The van der Waals surface area contributed by atoms with Crippen LogP contribution in [0.3, 0.4) is 0 Å². The first-order valence-corrected chi connectivity index (χ1v) is 10.3. The van der Waals surface area contributed by atoms with Crippen LogP contribution < -0.4 is 0 Å². The van der Waals surface area contributed by atoms with Crippen LogP contribution in [0.4, 0.5) is 0 Å². The molecule has 0 bridgehead atoms. The van der Waals surface area contributed by atoms with Crippen molar-refractivity contribution in [3.63, 3.8) is 0 Å². The van der Waals surface area contributed by atoms with Crippen LogP contribution in [-0.4, -0.2) is 24.2 Å². The average Bonchev–Trinajstić information content (AvgIpc) is 2.92. The van der Waals surface area contributed by atoms with E-state index in [1.165, 1.54) is 30.3 Å². The second-order valence-corrected chi connectivity index (χ2v) is 8.56. The Morgan fingerprint density at radius 2 is 1.79 bits per heavy atom. The topological polar surface area (TPSA) is 78.3 Å². The fraction of sp³-hybridized carbons (Fsp3) is 0.158. The molecule has 0 amide bonds. The van der Waals surface area contributed by atoms with Gasteiger partial charge in [0.25, 0.3) is 0 Å². The Balaban J connectivity index is 1.76. The molecular formula is C19H16Cl2N2O4S. The summed E-state index contributed by atoms with van der Waals surface area (Å²) in [6, 6.07) is 12.1. The van der Waals surface area contributed by atoms with Crippen LogP contribution in [0, 0.1) is 6.92 Å². The van der Waals surface area contributed by atoms with Gasteiger partial charge < -0.3 is 4.18 Å². The number of carbonyl (C=O) groups is 1. The molecule has 0 radical (unpaired) electrons. The third-order valence-electron chi connectivity index (χ3n) is 4.03. The molecule has 0 N–H and O–H groups in total. The lowest BCUT2D eigenvalue weighted by Gasteiger charge is -2.08. The van der Waals surface area contributed by atoms with Crippen molar-refractivity contribution in [2.24, 2.45) is 7.05 Å². The van der Waals surface area contributed by atoms with Crippen molar-refractivity contribution in [1.82, 2.24) is 9.78 Å². The van der Waals surface area contributed by atoms with E-state index < -0.39 is 16.1 Å². The van der Waals surface area contributed by atoms with Gasteiger partial charge in [0.05, 0.1) is 16.3 Å². The first kappa shape index (κ1) is 20.4. The summed E-state index contributed by atoms with van der Waals surface area (Å²) in [4.78, 5) is 12.0. The van der Waals surface area contributed by atoms with Gasteiger partial charge in [0, 0.05) is 24.2 Å². The van der Waals surface area contributed by atoms with Crippen molar-refractivity contribution in [2.45, 2.75) is 18.2 Å². The van der Waals surface area contributed by atoms with Gasteiger partial charge in [0.1, 0.15) is 4.90 Å². The fourth-order valence-corrected chi connectivity index (χ4v) is 4.00. The molecule has 0 unspecified atom stereocenters. The predicted molar refractivity (Wildman–Crippen MR) is 106 cm³/mol. The van der Waals surface area contributed by atoms with Gasteiger partial charge in [0.15, 0.2) is 0 Å². The molecule has 0 aliphatic carbocycles. The summed E-state index contributed by atoms with van der Waals surface area (Å²) < 4.78 is 31.3. The van der Waals surface area contributed by atoms with Crippen LogP contribution in [0.15, 0.2) is 53.4 Å². The summed E-state index contributed by atoms with van der Waals surface area (Å²) in [5.41, 5.74) is 2.72. The monoisotopic (exact) mass is 438 g/mol. The molecule has 3 rings (SSSR count). The third kappa shape index (κ3) is 4.55. The molecule has 0 aliphatic rings. The number of carbonyl (C=O) groups excluding carboxylic acids is 1. The Kier molecular flexibility index (Phi) is 5.79. The van der Waals surface area contributed by atoms with E-state index in [9.17, 15) is 13.2 Å². The highest BCUT2D eigenvalue weighted by Gasteiger charge is 2.23. The number of halogens is 2. The molecule has 0 saturated heterocycles. The van der Waals surface area contributed by atoms with Crippen LogP contribution in [0.5, 0.6) is 0 Å². The quantitative estimate of drug-likeness (QED) is 0.558. The lowest BCUT2D eigenvalue weighted by atomic mass is 10.1. The van der Waals surface area contributed by atoms with Crippen LogP contribution in [0.1, 0.15) is 27.3 Å². The molecule has 28 heavy (non-hydrogen) atoms. The summed E-state index contributed by atoms with van der Waals surface area (Å²) in [7, 11) is -2.44. The highest BCUT2D eigenvalue weighted by atomic mass is 35.5. The number of hydrogen-bond acceptors (Lipinski definition) is 5. The molecule has 1 heterocycles. The Bertz CT molecular complexity index is 1140. The zero-order chi connectivity index (χ0) is 20.5. The van der Waals surface area contributed by atoms with Crippen molar-refractivity contribution >= 4 is 39.3 Å². The lowest BCUT2D eigenvalue weighted by molar-refractivity contribution is 0.0747. The minimum Gasteiger partial charge on any atom is -0.338 e. The van der Waals surface area contributed by atoms with Crippen LogP contribution in [0.2, 0.25) is 10.0 Å². The molecule has 0 aliphatic heterocycles. The molecule has 0 spiro atoms. The molecule has 6 nitrogen and oxygen atoms in total. The minimum atomic E-state index is -4.29. The van der Waals surface area contributed by atoms with E-state index in [0.29, 0.717) is 11.4 Å². The molecule has 3 aromatic rings. The van der Waals surface area contributed by atoms with Crippen LogP contribution >= 0.6 is 23.2 Å². The molecule has 9 heteroatoms. The van der Waals surface area contributed by atoms with E-state index in [0.717, 1.165) is 17.0 Å². The number of aryl methyl sites for hydroxylation is 2. The molecule has 146 valence electrons. The second-order valence-electron chi connectivity index (χ2n) is 6.17. The maximum atomic E-state index is 12.4. The molecule has 2 aromatic carbocycles. The SMILES string of the molecule is Cc1cc(Cc2ccc(S(=O)(=O)OC(=O)c3ccc(Cl)cc3Cl)cc2)n(C)n1. The van der Waals surface area contributed by atoms with Crippen LogP contribution in [0.25, 0.3) is 0 Å². The van der Waals surface area contributed by atoms with Crippen molar-refractivity contribution in [3.8, 4) is 0 Å². The maximum absolute atomic E-state index is 12.4. The third-order valence-corrected chi connectivity index (χ3v) is 5.80. The standard InChI is InChI=1S/C19H16Cl2N2O4S/c1-12-9-15(23(2)22-12)10-13-3-6-16(7-4-13)28(25,26)27-19(24)17-8-5-14(20)11-18(17)21/h3-9,11H,10H2,1-2H3. The van der Waals surface area contributed by atoms with Crippen molar-refractivity contribution in [1.29, 1.82) is 0 Å². The van der Waals surface area contributed by atoms with E-state index in [-0.39, 0.29) is 15.5 Å². The van der Waals surface area contributed by atoms with E-state index in [1.54, 1.807) is 16.8 Å². The molecule has 0 fully saturated rings. The average molecular weight is 439 g/mol. The largest absolute Gasteiger partial charge is 0.355 e. The van der Waals surface area contributed by atoms with Gasteiger partial charge in [-0.3, -0.25) is 4.68 Å². The van der Waals surface area contributed by atoms with Crippen LogP contribution in [-0.2, 0) is 27.8 Å². The smallest absolute Gasteiger partial charge is 0.338 e. The number of hydrogen-bond donors (Lipinski definition) is 0. The maximum Gasteiger partial charge on any atom is 0.355 e. The second kappa shape index (κ2) is 7.95. The van der Waals surface area contributed by atoms with Crippen molar-refractivity contribution in [3.05, 3.63) is 81.1 Å². The summed E-state index contributed by atoms with van der Waals surface area (Å²) in [6.07, 6.45) is 0.595. The highest BCUT2D eigenvalue weighted by molar-refractivity contribution is 7.87.